The van der Waals surface area contributed by atoms with Gasteiger partial charge in [0.25, 0.3) is 5.92 Å². The molecule has 1 nitrogen and oxygen atoms in total. The maximum atomic E-state index is 12.6. The molecular weight excluding hydrogens is 193 g/mol. The van der Waals surface area contributed by atoms with E-state index in [0.29, 0.717) is 0 Å². The number of likely N-dealkylation sites (tertiary alicyclic amines) is 1. The molecule has 0 amide bonds. The van der Waals surface area contributed by atoms with Crippen LogP contribution in [-0.4, -0.2) is 36.6 Å². The molecule has 0 atom stereocenters. The minimum absolute atomic E-state index is 0.106. The molecule has 1 aliphatic heterocycles. The highest BCUT2D eigenvalue weighted by molar-refractivity contribution is 4.79. The van der Waals surface area contributed by atoms with Crippen molar-refractivity contribution in [2.45, 2.75) is 24.9 Å². The van der Waals surface area contributed by atoms with Crippen LogP contribution in [0.5, 0.6) is 0 Å². The van der Waals surface area contributed by atoms with Gasteiger partial charge in [0.15, 0.2) is 0 Å². The molecule has 0 unspecified atom stereocenters. The highest BCUT2D eigenvalue weighted by Gasteiger charge is 2.39. The van der Waals surface area contributed by atoms with E-state index in [1.54, 1.807) is 0 Å². The second-order valence-electron chi connectivity index (χ2n) is 3.29. The molecule has 1 fully saturated rings. The summed E-state index contributed by atoms with van der Waals surface area (Å²) < 4.78 is 60.7. The van der Waals surface area contributed by atoms with Crippen molar-refractivity contribution >= 4 is 0 Å². The molecular formula is C7H10F5N. The summed E-state index contributed by atoms with van der Waals surface area (Å²) in [6.45, 7) is -1.90. The van der Waals surface area contributed by atoms with Crippen LogP contribution in [0.25, 0.3) is 0 Å². The first-order chi connectivity index (χ1) is 5.79. The van der Waals surface area contributed by atoms with Gasteiger partial charge in [0.05, 0.1) is 13.1 Å². The topological polar surface area (TPSA) is 3.24 Å². The number of nitrogens with zero attached hydrogens (tertiary/aromatic N) is 1. The lowest BCUT2D eigenvalue weighted by atomic mass is 10.1. The molecule has 0 spiro atoms. The summed E-state index contributed by atoms with van der Waals surface area (Å²) in [7, 11) is 0. The SMILES string of the molecule is FC(F)(F)CN1CCCC(F)(F)C1. The normalized spacial score (nSPS) is 24.7. The first-order valence-electron chi connectivity index (χ1n) is 3.95. The van der Waals surface area contributed by atoms with Gasteiger partial charge in [-0.1, -0.05) is 0 Å². The lowest BCUT2D eigenvalue weighted by Crippen LogP contribution is -2.46. The Kier molecular flexibility index (Phi) is 2.79. The van der Waals surface area contributed by atoms with Gasteiger partial charge in [0.1, 0.15) is 0 Å². The van der Waals surface area contributed by atoms with Crippen LogP contribution < -0.4 is 0 Å². The smallest absolute Gasteiger partial charge is 0.289 e. The van der Waals surface area contributed by atoms with Gasteiger partial charge in [0.2, 0.25) is 0 Å². The summed E-state index contributed by atoms with van der Waals surface area (Å²) in [6.07, 6.45) is -4.56. The summed E-state index contributed by atoms with van der Waals surface area (Å²) in [5.74, 6) is -2.95. The van der Waals surface area contributed by atoms with Gasteiger partial charge in [-0.05, 0) is 13.0 Å². The first kappa shape index (κ1) is 10.7. The molecule has 0 radical (unpaired) electrons. The largest absolute Gasteiger partial charge is 0.401 e. The van der Waals surface area contributed by atoms with Crippen molar-refractivity contribution in [1.82, 2.24) is 4.90 Å². The number of hydrogen-bond donors (Lipinski definition) is 0. The van der Waals surface area contributed by atoms with Gasteiger partial charge in [-0.2, -0.15) is 13.2 Å². The Morgan fingerprint density at radius 3 is 2.31 bits per heavy atom. The molecule has 0 aromatic heterocycles. The number of rotatable bonds is 1. The molecule has 6 heteroatoms. The third-order valence-electron chi connectivity index (χ3n) is 1.87. The van der Waals surface area contributed by atoms with Crippen LogP contribution in [0.15, 0.2) is 0 Å². The minimum atomic E-state index is -4.38. The third kappa shape index (κ3) is 3.89. The van der Waals surface area contributed by atoms with Crippen molar-refractivity contribution in [2.24, 2.45) is 0 Å². The zero-order valence-corrected chi connectivity index (χ0v) is 6.87. The highest BCUT2D eigenvalue weighted by atomic mass is 19.4. The lowest BCUT2D eigenvalue weighted by Gasteiger charge is -2.32. The van der Waals surface area contributed by atoms with E-state index in [1.807, 2.05) is 0 Å². The second-order valence-corrected chi connectivity index (χ2v) is 3.29. The summed E-state index contributed by atoms with van der Waals surface area (Å²) in [4.78, 5) is 0.753. The summed E-state index contributed by atoms with van der Waals surface area (Å²) in [6, 6.07) is 0. The van der Waals surface area contributed by atoms with E-state index in [4.69, 9.17) is 0 Å². The molecule has 0 saturated carbocycles. The molecule has 0 bridgehead atoms. The van der Waals surface area contributed by atoms with Crippen molar-refractivity contribution in [1.29, 1.82) is 0 Å². The maximum Gasteiger partial charge on any atom is 0.401 e. The van der Waals surface area contributed by atoms with Gasteiger partial charge >= 0.3 is 6.18 Å². The predicted octanol–water partition coefficient (Wildman–Crippen LogP) is 2.28. The summed E-state index contributed by atoms with van der Waals surface area (Å²) in [5.41, 5.74) is 0. The molecule has 1 heterocycles. The summed E-state index contributed by atoms with van der Waals surface area (Å²) >= 11 is 0. The van der Waals surface area contributed by atoms with Crippen molar-refractivity contribution in [2.75, 3.05) is 19.6 Å². The molecule has 0 aromatic rings. The van der Waals surface area contributed by atoms with E-state index in [-0.39, 0.29) is 19.4 Å². The van der Waals surface area contributed by atoms with Crippen molar-refractivity contribution in [3.05, 3.63) is 0 Å². The van der Waals surface area contributed by atoms with Crippen LogP contribution in [0.1, 0.15) is 12.8 Å². The zero-order valence-electron chi connectivity index (χ0n) is 6.87. The van der Waals surface area contributed by atoms with Gasteiger partial charge in [0, 0.05) is 6.42 Å². The van der Waals surface area contributed by atoms with E-state index in [9.17, 15) is 22.0 Å². The Morgan fingerprint density at radius 2 is 1.85 bits per heavy atom. The monoisotopic (exact) mass is 203 g/mol. The van der Waals surface area contributed by atoms with Crippen LogP contribution in [0.3, 0.4) is 0 Å². The molecule has 13 heavy (non-hydrogen) atoms. The first-order valence-corrected chi connectivity index (χ1v) is 3.95. The van der Waals surface area contributed by atoms with Crippen LogP contribution in [0.4, 0.5) is 22.0 Å². The van der Waals surface area contributed by atoms with Crippen LogP contribution >= 0.6 is 0 Å². The number of piperidine rings is 1. The molecule has 0 aromatic carbocycles. The average Bonchev–Trinajstić information content (AvgIpc) is 1.79. The second kappa shape index (κ2) is 3.40. The predicted molar refractivity (Wildman–Crippen MR) is 36.7 cm³/mol. The highest BCUT2D eigenvalue weighted by Crippen LogP contribution is 2.28. The number of alkyl halides is 5. The minimum Gasteiger partial charge on any atom is -0.289 e. The molecule has 78 valence electrons. The number of hydrogen-bond acceptors (Lipinski definition) is 1. The molecule has 1 rings (SSSR count). The van der Waals surface area contributed by atoms with E-state index in [1.165, 1.54) is 0 Å². The Morgan fingerprint density at radius 1 is 1.23 bits per heavy atom. The van der Waals surface area contributed by atoms with E-state index in [0.717, 1.165) is 4.90 Å². The zero-order chi connectivity index (χ0) is 10.1. The van der Waals surface area contributed by atoms with Crippen molar-refractivity contribution in [3.8, 4) is 0 Å². The molecule has 0 aliphatic carbocycles. The van der Waals surface area contributed by atoms with Gasteiger partial charge in [-0.25, -0.2) is 8.78 Å². The standard InChI is InChI=1S/C7H10F5N/c8-6(9)2-1-3-13(4-6)5-7(10,11)12/h1-5H2. The van der Waals surface area contributed by atoms with Gasteiger partial charge < -0.3 is 0 Å². The quantitative estimate of drug-likeness (QED) is 0.591. The fraction of sp³-hybridized carbons (Fsp3) is 1.00. The van der Waals surface area contributed by atoms with E-state index >= 15 is 0 Å². The van der Waals surface area contributed by atoms with Crippen molar-refractivity contribution in [3.63, 3.8) is 0 Å². The fourth-order valence-corrected chi connectivity index (χ4v) is 1.44. The van der Waals surface area contributed by atoms with Crippen LogP contribution in [0.2, 0.25) is 0 Å². The Labute approximate surface area is 72.5 Å². The van der Waals surface area contributed by atoms with Gasteiger partial charge in [-0.15, -0.1) is 0 Å². The van der Waals surface area contributed by atoms with E-state index < -0.39 is 25.2 Å². The van der Waals surface area contributed by atoms with Gasteiger partial charge in [-0.3, -0.25) is 4.90 Å². The third-order valence-corrected chi connectivity index (χ3v) is 1.87. The van der Waals surface area contributed by atoms with Crippen molar-refractivity contribution < 1.29 is 22.0 Å². The van der Waals surface area contributed by atoms with Crippen LogP contribution in [0, 0.1) is 0 Å². The molecule has 1 aliphatic rings. The molecule has 0 N–H and O–H groups in total. The van der Waals surface area contributed by atoms with E-state index in [2.05, 4.69) is 0 Å². The molecule has 1 saturated heterocycles. The Bertz CT molecular complexity index is 174. The average molecular weight is 203 g/mol. The summed E-state index contributed by atoms with van der Waals surface area (Å²) in [5, 5.41) is 0. The fourth-order valence-electron chi connectivity index (χ4n) is 1.44. The van der Waals surface area contributed by atoms with Crippen LogP contribution in [-0.2, 0) is 0 Å². The number of halogens is 5. The Balaban J connectivity index is 2.44. The lowest BCUT2D eigenvalue weighted by molar-refractivity contribution is -0.162. The Hall–Kier alpha value is -0.390. The maximum absolute atomic E-state index is 12.6.